The fourth-order valence-electron chi connectivity index (χ4n) is 6.61. The van der Waals surface area contributed by atoms with E-state index in [2.05, 4.69) is 119 Å². The molecule has 0 saturated carbocycles. The van der Waals surface area contributed by atoms with E-state index in [1.54, 1.807) is 0 Å². The normalized spacial score (nSPS) is 11.9. The first kappa shape index (κ1) is 28.6. The second-order valence-corrected chi connectivity index (χ2v) is 13.0. The summed E-state index contributed by atoms with van der Waals surface area (Å²) < 4.78 is 10.7. The topological polar surface area (TPSA) is 44.9 Å². The van der Waals surface area contributed by atoms with Crippen LogP contribution < -0.4 is 4.74 Å². The first-order valence-electron chi connectivity index (χ1n) is 15.5. The van der Waals surface area contributed by atoms with E-state index in [1.807, 2.05) is 47.3 Å². The zero-order valence-corrected chi connectivity index (χ0v) is 27.0. The van der Waals surface area contributed by atoms with Crippen molar-refractivity contribution in [2.24, 2.45) is 0 Å². The molecular formula is C40H38N4O. The van der Waals surface area contributed by atoms with Crippen LogP contribution in [0.2, 0.25) is 0 Å². The predicted octanol–water partition coefficient (Wildman–Crippen LogP) is 10.4. The number of hydrogen-bond donors (Lipinski definition) is 0. The number of fused-ring (bicyclic) bond motifs is 3. The number of aryl methyl sites for hydroxylation is 3. The Labute approximate surface area is 264 Å². The minimum Gasteiger partial charge on any atom is -0.457 e. The lowest BCUT2D eigenvalue weighted by molar-refractivity contribution is 0.482. The molecule has 0 atom stereocenters. The van der Waals surface area contributed by atoms with Crippen LogP contribution in [0.15, 0.2) is 103 Å². The molecule has 0 spiro atoms. The maximum atomic E-state index is 6.51. The summed E-state index contributed by atoms with van der Waals surface area (Å²) in [4.78, 5) is 4.66. The van der Waals surface area contributed by atoms with Crippen LogP contribution in [0.5, 0.6) is 11.5 Å². The van der Waals surface area contributed by atoms with Gasteiger partial charge in [0.05, 0.1) is 22.4 Å². The fourth-order valence-corrected chi connectivity index (χ4v) is 6.61. The average molecular weight is 591 g/mol. The Morgan fingerprint density at radius 3 is 2.09 bits per heavy atom. The van der Waals surface area contributed by atoms with E-state index < -0.39 is 0 Å². The number of ether oxygens (including phenoxy) is 1. The average Bonchev–Trinajstić information content (AvgIpc) is 3.50. The van der Waals surface area contributed by atoms with Crippen LogP contribution in [0.4, 0.5) is 0 Å². The molecule has 0 bridgehead atoms. The highest BCUT2D eigenvalue weighted by atomic mass is 16.5. The molecule has 0 saturated heterocycles. The molecule has 5 heteroatoms. The molecule has 224 valence electrons. The van der Waals surface area contributed by atoms with Crippen molar-refractivity contribution in [3.05, 3.63) is 131 Å². The molecule has 0 aliphatic rings. The van der Waals surface area contributed by atoms with Crippen LogP contribution in [0.3, 0.4) is 0 Å². The minimum absolute atomic E-state index is 0.0995. The summed E-state index contributed by atoms with van der Waals surface area (Å²) >= 11 is 0. The van der Waals surface area contributed by atoms with Crippen molar-refractivity contribution < 1.29 is 4.74 Å². The molecule has 3 aromatic heterocycles. The van der Waals surface area contributed by atoms with Gasteiger partial charge in [-0.3, -0.25) is 4.57 Å². The number of para-hydroxylation sites is 1. The first-order valence-corrected chi connectivity index (χ1v) is 15.5. The van der Waals surface area contributed by atoms with E-state index in [9.17, 15) is 0 Å². The first-order chi connectivity index (χ1) is 21.6. The third-order valence-electron chi connectivity index (χ3n) is 8.76. The number of benzene rings is 4. The van der Waals surface area contributed by atoms with Crippen LogP contribution in [0.1, 0.15) is 48.8 Å². The number of rotatable bonds is 5. The smallest absolute Gasteiger partial charge is 0.137 e. The second kappa shape index (κ2) is 10.8. The summed E-state index contributed by atoms with van der Waals surface area (Å²) in [5.74, 6) is 2.39. The number of hydrogen-bond acceptors (Lipinski definition) is 3. The van der Waals surface area contributed by atoms with Gasteiger partial charge >= 0.3 is 0 Å². The van der Waals surface area contributed by atoms with Gasteiger partial charge in [-0.15, -0.1) is 0 Å². The van der Waals surface area contributed by atoms with E-state index in [1.165, 1.54) is 33.2 Å². The van der Waals surface area contributed by atoms with Crippen LogP contribution in [0.25, 0.3) is 44.4 Å². The van der Waals surface area contributed by atoms with E-state index >= 15 is 0 Å². The molecule has 5 nitrogen and oxygen atoms in total. The molecule has 3 heterocycles. The zero-order chi connectivity index (χ0) is 31.5. The van der Waals surface area contributed by atoms with Gasteiger partial charge in [-0.25, -0.2) is 9.67 Å². The Bertz CT molecular complexity index is 2190. The lowest BCUT2D eigenvalue weighted by atomic mass is 9.82. The lowest BCUT2D eigenvalue weighted by Gasteiger charge is -2.22. The van der Waals surface area contributed by atoms with Gasteiger partial charge in [0.25, 0.3) is 0 Å². The number of pyridine rings is 1. The Balaban J connectivity index is 1.26. The van der Waals surface area contributed by atoms with Gasteiger partial charge in [-0.1, -0.05) is 63.2 Å². The Morgan fingerprint density at radius 2 is 1.36 bits per heavy atom. The molecule has 0 aliphatic heterocycles. The van der Waals surface area contributed by atoms with Gasteiger partial charge < -0.3 is 4.74 Å². The molecule has 4 aromatic carbocycles. The van der Waals surface area contributed by atoms with Crippen molar-refractivity contribution in [2.45, 2.75) is 53.9 Å². The summed E-state index contributed by atoms with van der Waals surface area (Å²) in [6.07, 6.45) is 1.83. The number of nitrogens with zero attached hydrogens (tertiary/aromatic N) is 4. The lowest BCUT2D eigenvalue weighted by Crippen LogP contribution is -2.12. The molecule has 7 rings (SSSR count). The number of aromatic nitrogens is 4. The van der Waals surface area contributed by atoms with Gasteiger partial charge in [-0.05, 0) is 97.8 Å². The highest BCUT2D eigenvalue weighted by Crippen LogP contribution is 2.38. The summed E-state index contributed by atoms with van der Waals surface area (Å²) in [5, 5.41) is 7.37. The largest absolute Gasteiger partial charge is 0.457 e. The summed E-state index contributed by atoms with van der Waals surface area (Å²) in [6.45, 7) is 15.5. The molecule has 0 amide bonds. The van der Waals surface area contributed by atoms with Crippen LogP contribution >= 0.6 is 0 Å². The maximum Gasteiger partial charge on any atom is 0.137 e. The van der Waals surface area contributed by atoms with E-state index in [4.69, 9.17) is 9.84 Å². The molecule has 7 aromatic rings. The third kappa shape index (κ3) is 4.98. The zero-order valence-electron chi connectivity index (χ0n) is 27.0. The van der Waals surface area contributed by atoms with E-state index in [0.29, 0.717) is 0 Å². The minimum atomic E-state index is 0.0995. The van der Waals surface area contributed by atoms with Crippen LogP contribution in [-0.4, -0.2) is 19.3 Å². The van der Waals surface area contributed by atoms with Crippen molar-refractivity contribution >= 4 is 21.8 Å². The molecule has 45 heavy (non-hydrogen) atoms. The summed E-state index contributed by atoms with van der Waals surface area (Å²) in [7, 11) is 0. The van der Waals surface area contributed by atoms with Crippen molar-refractivity contribution in [2.75, 3.05) is 0 Å². The van der Waals surface area contributed by atoms with E-state index in [-0.39, 0.29) is 5.41 Å². The van der Waals surface area contributed by atoms with E-state index in [0.717, 1.165) is 50.8 Å². The molecule has 0 fully saturated rings. The van der Waals surface area contributed by atoms with Crippen molar-refractivity contribution in [3.8, 4) is 34.1 Å². The highest BCUT2D eigenvalue weighted by Gasteiger charge is 2.22. The molecule has 0 aliphatic carbocycles. The Hall–Kier alpha value is -5.16. The highest BCUT2D eigenvalue weighted by molar-refractivity contribution is 6.09. The molecule has 0 unspecified atom stereocenters. The van der Waals surface area contributed by atoms with Gasteiger partial charge in [0.2, 0.25) is 0 Å². The van der Waals surface area contributed by atoms with Gasteiger partial charge in [0.15, 0.2) is 0 Å². The second-order valence-electron chi connectivity index (χ2n) is 13.0. The maximum absolute atomic E-state index is 6.51. The SMILES string of the molecule is Cc1cc(C(C)(C)C)cc(C)c1-c1c(C)nn(-c2cccc(Oc3ccc4c5ccccc5n(-c5ccccn5)c4c3)c2)c1C. The molecular weight excluding hydrogens is 552 g/mol. The molecule has 0 N–H and O–H groups in total. The van der Waals surface area contributed by atoms with Crippen LogP contribution in [-0.2, 0) is 5.41 Å². The fraction of sp³-hybridized carbons (Fsp3) is 0.200. The standard InChI is InChI=1S/C40H38N4O/c1-25-21-29(40(5,6)7)22-26(2)38(25)39-27(3)42-44(28(39)4)30-13-12-14-31(23-30)45-32-18-19-34-33-15-8-9-16-35(33)43(36(34)24-32)37-17-10-11-20-41-37/h8-24H,1-7H3. The molecule has 0 radical (unpaired) electrons. The van der Waals surface area contributed by atoms with Crippen molar-refractivity contribution in [1.82, 2.24) is 19.3 Å². The van der Waals surface area contributed by atoms with Gasteiger partial charge in [0.1, 0.15) is 17.3 Å². The summed E-state index contributed by atoms with van der Waals surface area (Å²) in [5.41, 5.74) is 11.7. The monoisotopic (exact) mass is 590 g/mol. The van der Waals surface area contributed by atoms with Gasteiger partial charge in [-0.2, -0.15) is 5.10 Å². The van der Waals surface area contributed by atoms with Crippen molar-refractivity contribution in [3.63, 3.8) is 0 Å². The summed E-state index contributed by atoms with van der Waals surface area (Å²) in [6, 6.07) is 33.5. The Kier molecular flexibility index (Phi) is 6.85. The Morgan fingerprint density at radius 1 is 0.644 bits per heavy atom. The van der Waals surface area contributed by atoms with Crippen LogP contribution in [0, 0.1) is 27.7 Å². The predicted molar refractivity (Wildman–Crippen MR) is 185 cm³/mol. The van der Waals surface area contributed by atoms with Crippen molar-refractivity contribution in [1.29, 1.82) is 0 Å². The van der Waals surface area contributed by atoms with Gasteiger partial charge in [0, 0.05) is 40.4 Å². The third-order valence-corrected chi connectivity index (χ3v) is 8.76. The quantitative estimate of drug-likeness (QED) is 0.200.